The second kappa shape index (κ2) is 8.04. The van der Waals surface area contributed by atoms with Crippen molar-refractivity contribution >= 4 is 23.4 Å². The van der Waals surface area contributed by atoms with Crippen molar-refractivity contribution in [2.75, 3.05) is 17.2 Å². The van der Waals surface area contributed by atoms with Crippen molar-refractivity contribution in [3.63, 3.8) is 0 Å². The van der Waals surface area contributed by atoms with Crippen molar-refractivity contribution < 1.29 is 22.8 Å². The number of carbonyl (C=O) groups excluding carboxylic acids is 2. The molecule has 6 nitrogen and oxygen atoms in total. The number of hydrazine groups is 1. The largest absolute Gasteiger partial charge is 0.408 e. The predicted octanol–water partition coefficient (Wildman–Crippen LogP) is 3.82. The SMILES string of the molecule is O=C(Nc1ccccc1)NN(CC(F)(F)F)C(=O)Nc1ccccc1. The van der Waals surface area contributed by atoms with Gasteiger partial charge in [0.2, 0.25) is 0 Å². The van der Waals surface area contributed by atoms with E-state index >= 15 is 0 Å². The van der Waals surface area contributed by atoms with Crippen LogP contribution in [0, 0.1) is 0 Å². The van der Waals surface area contributed by atoms with Crippen LogP contribution in [0.3, 0.4) is 0 Å². The normalized spacial score (nSPS) is 10.7. The molecule has 0 aliphatic heterocycles. The predicted molar refractivity (Wildman–Crippen MR) is 86.8 cm³/mol. The van der Waals surface area contributed by atoms with Gasteiger partial charge in [0.25, 0.3) is 0 Å². The highest BCUT2D eigenvalue weighted by Crippen LogP contribution is 2.16. The van der Waals surface area contributed by atoms with Crippen molar-refractivity contribution in [2.45, 2.75) is 6.18 Å². The zero-order chi connectivity index (χ0) is 18.3. The molecule has 0 saturated carbocycles. The fraction of sp³-hybridized carbons (Fsp3) is 0.125. The quantitative estimate of drug-likeness (QED) is 0.735. The number of nitrogens with one attached hydrogen (secondary N) is 3. The van der Waals surface area contributed by atoms with E-state index in [-0.39, 0.29) is 5.01 Å². The number of rotatable bonds is 3. The summed E-state index contributed by atoms with van der Waals surface area (Å²) in [6, 6.07) is 13.9. The van der Waals surface area contributed by atoms with E-state index in [2.05, 4.69) is 10.6 Å². The van der Waals surface area contributed by atoms with Gasteiger partial charge in [-0.3, -0.25) is 0 Å². The highest BCUT2D eigenvalue weighted by Gasteiger charge is 2.34. The number of para-hydroxylation sites is 2. The van der Waals surface area contributed by atoms with E-state index in [0.29, 0.717) is 11.4 Å². The summed E-state index contributed by atoms with van der Waals surface area (Å²) in [6.45, 7) is -1.64. The van der Waals surface area contributed by atoms with Gasteiger partial charge in [-0.2, -0.15) is 13.2 Å². The van der Waals surface area contributed by atoms with Crippen molar-refractivity contribution in [1.29, 1.82) is 0 Å². The molecule has 0 aliphatic rings. The highest BCUT2D eigenvalue weighted by atomic mass is 19.4. The Morgan fingerprint density at radius 2 is 1.32 bits per heavy atom. The molecule has 4 amide bonds. The molecule has 0 spiro atoms. The molecule has 0 heterocycles. The molecule has 3 N–H and O–H groups in total. The third-order valence-electron chi connectivity index (χ3n) is 2.88. The first-order valence-corrected chi connectivity index (χ1v) is 7.16. The van der Waals surface area contributed by atoms with Crippen LogP contribution in [-0.4, -0.2) is 29.8 Å². The molecule has 2 aromatic rings. The summed E-state index contributed by atoms with van der Waals surface area (Å²) >= 11 is 0. The van der Waals surface area contributed by atoms with Gasteiger partial charge in [-0.1, -0.05) is 36.4 Å². The topological polar surface area (TPSA) is 73.5 Å². The van der Waals surface area contributed by atoms with E-state index in [1.165, 1.54) is 12.1 Å². The number of hydrogen-bond donors (Lipinski definition) is 3. The summed E-state index contributed by atoms with van der Waals surface area (Å²) in [6.07, 6.45) is -4.69. The number of carbonyl (C=O) groups is 2. The Hall–Kier alpha value is -3.23. The van der Waals surface area contributed by atoms with Gasteiger partial charge in [-0.15, -0.1) is 0 Å². The van der Waals surface area contributed by atoms with Crippen LogP contribution in [-0.2, 0) is 0 Å². The minimum atomic E-state index is -4.69. The van der Waals surface area contributed by atoms with Crippen LogP contribution < -0.4 is 16.1 Å². The summed E-state index contributed by atoms with van der Waals surface area (Å²) < 4.78 is 38.1. The first kappa shape index (κ1) is 18.1. The molecule has 9 heteroatoms. The summed E-state index contributed by atoms with van der Waals surface area (Å²) in [4.78, 5) is 23.9. The molecular formula is C16H15F3N4O2. The zero-order valence-electron chi connectivity index (χ0n) is 12.9. The molecular weight excluding hydrogens is 337 g/mol. The first-order valence-electron chi connectivity index (χ1n) is 7.16. The van der Waals surface area contributed by atoms with Crippen LogP contribution in [0.25, 0.3) is 0 Å². The lowest BCUT2D eigenvalue weighted by Gasteiger charge is -2.24. The smallest absolute Gasteiger partial charge is 0.307 e. The van der Waals surface area contributed by atoms with Crippen molar-refractivity contribution in [3.8, 4) is 0 Å². The van der Waals surface area contributed by atoms with Gasteiger partial charge in [0.05, 0.1) is 0 Å². The molecule has 0 atom stereocenters. The van der Waals surface area contributed by atoms with Crippen molar-refractivity contribution in [3.05, 3.63) is 60.7 Å². The summed E-state index contributed by atoms with van der Waals surface area (Å²) in [5.74, 6) is 0. The van der Waals surface area contributed by atoms with Gasteiger partial charge in [-0.25, -0.2) is 20.0 Å². The maximum absolute atomic E-state index is 12.7. The van der Waals surface area contributed by atoms with E-state index in [9.17, 15) is 22.8 Å². The van der Waals surface area contributed by atoms with E-state index in [1.807, 2.05) is 5.43 Å². The lowest BCUT2D eigenvalue weighted by Crippen LogP contribution is -2.53. The fourth-order valence-corrected chi connectivity index (χ4v) is 1.86. The Labute approximate surface area is 141 Å². The van der Waals surface area contributed by atoms with Gasteiger partial charge in [-0.05, 0) is 24.3 Å². The number of benzene rings is 2. The molecule has 2 rings (SSSR count). The Bertz CT molecular complexity index is 708. The zero-order valence-corrected chi connectivity index (χ0v) is 12.9. The number of hydrogen-bond acceptors (Lipinski definition) is 2. The molecule has 0 aliphatic carbocycles. The Kier molecular flexibility index (Phi) is 5.83. The monoisotopic (exact) mass is 352 g/mol. The average Bonchev–Trinajstić information content (AvgIpc) is 2.55. The second-order valence-electron chi connectivity index (χ2n) is 4.93. The van der Waals surface area contributed by atoms with Gasteiger partial charge in [0.1, 0.15) is 6.54 Å². The van der Waals surface area contributed by atoms with Crippen LogP contribution in [0.5, 0.6) is 0 Å². The summed E-state index contributed by atoms with van der Waals surface area (Å²) in [7, 11) is 0. The molecule has 0 bridgehead atoms. The standard InChI is InChI=1S/C16H15F3N4O2/c17-16(18,19)11-23(15(25)21-13-9-5-2-6-10-13)22-14(24)20-12-7-3-1-4-8-12/h1-10H,11H2,(H,21,25)(H2,20,22,24). The van der Waals surface area contributed by atoms with Crippen molar-refractivity contribution in [1.82, 2.24) is 10.4 Å². The molecule has 132 valence electrons. The molecule has 0 saturated heterocycles. The average molecular weight is 352 g/mol. The Morgan fingerprint density at radius 3 is 1.80 bits per heavy atom. The number of nitrogens with zero attached hydrogens (tertiary/aromatic N) is 1. The van der Waals surface area contributed by atoms with Crippen LogP contribution in [0.4, 0.5) is 34.1 Å². The highest BCUT2D eigenvalue weighted by molar-refractivity contribution is 5.94. The van der Waals surface area contributed by atoms with Crippen LogP contribution in [0.2, 0.25) is 0 Å². The number of anilines is 2. The number of alkyl halides is 3. The van der Waals surface area contributed by atoms with E-state index in [0.717, 1.165) is 0 Å². The Morgan fingerprint density at radius 1 is 0.840 bits per heavy atom. The summed E-state index contributed by atoms with van der Waals surface area (Å²) in [5.41, 5.74) is 2.56. The minimum Gasteiger partial charge on any atom is -0.307 e. The molecule has 0 radical (unpaired) electrons. The molecule has 0 fully saturated rings. The number of halogens is 3. The molecule has 0 aromatic heterocycles. The molecule has 0 unspecified atom stereocenters. The first-order chi connectivity index (χ1) is 11.8. The third kappa shape index (κ3) is 6.42. The third-order valence-corrected chi connectivity index (χ3v) is 2.88. The number of urea groups is 2. The van der Waals surface area contributed by atoms with Gasteiger partial charge in [0.15, 0.2) is 0 Å². The summed E-state index contributed by atoms with van der Waals surface area (Å²) in [5, 5.41) is 4.77. The van der Waals surface area contributed by atoms with Crippen LogP contribution in [0.15, 0.2) is 60.7 Å². The molecule has 2 aromatic carbocycles. The van der Waals surface area contributed by atoms with Gasteiger partial charge < -0.3 is 10.6 Å². The van der Waals surface area contributed by atoms with E-state index < -0.39 is 24.8 Å². The van der Waals surface area contributed by atoms with Crippen LogP contribution >= 0.6 is 0 Å². The lowest BCUT2D eigenvalue weighted by atomic mass is 10.3. The van der Waals surface area contributed by atoms with Gasteiger partial charge in [0, 0.05) is 11.4 Å². The van der Waals surface area contributed by atoms with E-state index in [1.54, 1.807) is 48.5 Å². The van der Waals surface area contributed by atoms with Gasteiger partial charge >= 0.3 is 18.2 Å². The maximum atomic E-state index is 12.7. The minimum absolute atomic E-state index is 0.158. The molecule has 25 heavy (non-hydrogen) atoms. The lowest BCUT2D eigenvalue weighted by molar-refractivity contribution is -0.142. The number of amides is 4. The fourth-order valence-electron chi connectivity index (χ4n) is 1.86. The van der Waals surface area contributed by atoms with Crippen LogP contribution in [0.1, 0.15) is 0 Å². The van der Waals surface area contributed by atoms with Crippen molar-refractivity contribution in [2.24, 2.45) is 0 Å². The van der Waals surface area contributed by atoms with E-state index in [4.69, 9.17) is 0 Å². The second-order valence-corrected chi connectivity index (χ2v) is 4.93. The Balaban J connectivity index is 2.04. The maximum Gasteiger partial charge on any atom is 0.408 e.